The molecule has 0 fully saturated rings. The number of nitrogens with one attached hydrogen (secondary N) is 1. The molecule has 2 aromatic rings. The highest BCUT2D eigenvalue weighted by molar-refractivity contribution is 6.04. The molecule has 2 aromatic carbocycles. The van der Waals surface area contributed by atoms with Crippen LogP contribution < -0.4 is 5.32 Å². The minimum absolute atomic E-state index is 0.0424. The highest BCUT2D eigenvalue weighted by atomic mass is 16.1. The molecule has 0 aliphatic heterocycles. The van der Waals surface area contributed by atoms with Crippen molar-refractivity contribution in [3.8, 4) is 6.07 Å². The lowest BCUT2D eigenvalue weighted by Gasteiger charge is -2.02. The third-order valence-electron chi connectivity index (χ3n) is 3.29. The van der Waals surface area contributed by atoms with Gasteiger partial charge in [-0.1, -0.05) is 12.1 Å². The van der Waals surface area contributed by atoms with Crippen molar-refractivity contribution in [3.63, 3.8) is 0 Å². The summed E-state index contributed by atoms with van der Waals surface area (Å²) in [6.07, 6.45) is 3.11. The molecule has 0 aromatic heterocycles. The summed E-state index contributed by atoms with van der Waals surface area (Å²) < 4.78 is 0. The second-order valence-corrected chi connectivity index (χ2v) is 4.83. The fourth-order valence-electron chi connectivity index (χ4n) is 1.85. The van der Waals surface area contributed by atoms with Crippen LogP contribution in [0.2, 0.25) is 0 Å². The molecule has 104 valence electrons. The minimum Gasteiger partial charge on any atom is -0.362 e. The fourth-order valence-corrected chi connectivity index (χ4v) is 1.85. The molecular weight excluding hydrogens is 260 g/mol. The molecule has 0 unspecified atom stereocenters. The SMILES string of the molecule is Cc1ccc(C(=O)/C=C/Nc2ccc(C#N)cc2)cc1C. The van der Waals surface area contributed by atoms with Crippen LogP contribution in [0, 0.1) is 25.2 Å². The van der Waals surface area contributed by atoms with Gasteiger partial charge in [-0.15, -0.1) is 0 Å². The number of hydrogen-bond acceptors (Lipinski definition) is 3. The largest absolute Gasteiger partial charge is 0.362 e. The third-order valence-corrected chi connectivity index (χ3v) is 3.29. The van der Waals surface area contributed by atoms with Crippen molar-refractivity contribution in [1.29, 1.82) is 5.26 Å². The van der Waals surface area contributed by atoms with Crippen LogP contribution in [0.5, 0.6) is 0 Å². The molecule has 0 saturated carbocycles. The first-order valence-corrected chi connectivity index (χ1v) is 6.65. The zero-order valence-electron chi connectivity index (χ0n) is 12.1. The zero-order chi connectivity index (χ0) is 15.2. The van der Waals surface area contributed by atoms with E-state index in [0.29, 0.717) is 11.1 Å². The van der Waals surface area contributed by atoms with E-state index < -0.39 is 0 Å². The highest BCUT2D eigenvalue weighted by Crippen LogP contribution is 2.11. The summed E-state index contributed by atoms with van der Waals surface area (Å²) in [4.78, 5) is 12.0. The molecule has 0 bridgehead atoms. The molecule has 0 amide bonds. The van der Waals surface area contributed by atoms with Gasteiger partial charge in [-0.25, -0.2) is 0 Å². The lowest BCUT2D eigenvalue weighted by Crippen LogP contribution is -1.97. The van der Waals surface area contributed by atoms with Crippen molar-refractivity contribution in [2.45, 2.75) is 13.8 Å². The summed E-state index contributed by atoms with van der Waals surface area (Å²) in [6, 6.07) is 14.8. The lowest BCUT2D eigenvalue weighted by molar-refractivity contribution is 0.104. The second kappa shape index (κ2) is 6.53. The van der Waals surface area contributed by atoms with Crippen LogP contribution >= 0.6 is 0 Å². The Morgan fingerprint density at radius 1 is 1.10 bits per heavy atom. The van der Waals surface area contributed by atoms with Crippen molar-refractivity contribution >= 4 is 11.5 Å². The van der Waals surface area contributed by atoms with Gasteiger partial charge in [-0.2, -0.15) is 5.26 Å². The van der Waals surface area contributed by atoms with Gasteiger partial charge in [0, 0.05) is 23.5 Å². The minimum atomic E-state index is -0.0424. The van der Waals surface area contributed by atoms with E-state index in [0.717, 1.165) is 11.3 Å². The molecule has 0 atom stereocenters. The number of nitriles is 1. The van der Waals surface area contributed by atoms with Crippen LogP contribution in [-0.4, -0.2) is 5.78 Å². The summed E-state index contributed by atoms with van der Waals surface area (Å²) >= 11 is 0. The Morgan fingerprint density at radius 2 is 1.81 bits per heavy atom. The van der Waals surface area contributed by atoms with Crippen molar-refractivity contribution in [2.24, 2.45) is 0 Å². The monoisotopic (exact) mass is 276 g/mol. The maximum Gasteiger partial charge on any atom is 0.187 e. The number of aryl methyl sites for hydroxylation is 2. The standard InChI is InChI=1S/C18H16N2O/c1-13-3-6-16(11-14(13)2)18(21)9-10-20-17-7-4-15(12-19)5-8-17/h3-11,20H,1-2H3/b10-9+. The number of hydrogen-bond donors (Lipinski definition) is 1. The molecule has 0 radical (unpaired) electrons. The summed E-state index contributed by atoms with van der Waals surface area (Å²) in [5.74, 6) is -0.0424. The van der Waals surface area contributed by atoms with Crippen LogP contribution in [0.3, 0.4) is 0 Å². The summed E-state index contributed by atoms with van der Waals surface area (Å²) in [7, 11) is 0. The molecule has 2 rings (SSSR count). The fraction of sp³-hybridized carbons (Fsp3) is 0.111. The van der Waals surface area contributed by atoms with Crippen LogP contribution in [0.4, 0.5) is 5.69 Å². The molecular formula is C18H16N2O. The van der Waals surface area contributed by atoms with E-state index in [-0.39, 0.29) is 5.78 Å². The number of nitrogens with zero attached hydrogens (tertiary/aromatic N) is 1. The number of ketones is 1. The smallest absolute Gasteiger partial charge is 0.187 e. The van der Waals surface area contributed by atoms with E-state index >= 15 is 0 Å². The van der Waals surface area contributed by atoms with Crippen LogP contribution in [0.25, 0.3) is 0 Å². The van der Waals surface area contributed by atoms with E-state index in [1.54, 1.807) is 30.5 Å². The maximum absolute atomic E-state index is 12.0. The normalized spacial score (nSPS) is 10.3. The number of carbonyl (C=O) groups excluding carboxylic acids is 1. The first-order valence-electron chi connectivity index (χ1n) is 6.65. The van der Waals surface area contributed by atoms with Gasteiger partial charge in [0.25, 0.3) is 0 Å². The number of benzene rings is 2. The molecule has 0 heterocycles. The van der Waals surface area contributed by atoms with Gasteiger partial charge in [-0.05, 0) is 55.3 Å². The van der Waals surface area contributed by atoms with Gasteiger partial charge in [-0.3, -0.25) is 4.79 Å². The molecule has 0 saturated heterocycles. The van der Waals surface area contributed by atoms with E-state index in [1.165, 1.54) is 11.6 Å². The maximum atomic E-state index is 12.0. The molecule has 0 aliphatic carbocycles. The van der Waals surface area contributed by atoms with Crippen LogP contribution in [-0.2, 0) is 0 Å². The number of anilines is 1. The Labute approximate surface area is 124 Å². The highest BCUT2D eigenvalue weighted by Gasteiger charge is 2.02. The number of carbonyl (C=O) groups is 1. The molecule has 3 heteroatoms. The predicted molar refractivity (Wildman–Crippen MR) is 84.2 cm³/mol. The Balaban J connectivity index is 2.01. The molecule has 0 spiro atoms. The summed E-state index contributed by atoms with van der Waals surface area (Å²) in [5, 5.41) is 11.7. The van der Waals surface area contributed by atoms with Gasteiger partial charge in [0.05, 0.1) is 11.6 Å². The Hall–Kier alpha value is -2.86. The molecule has 21 heavy (non-hydrogen) atoms. The quantitative estimate of drug-likeness (QED) is 0.678. The van der Waals surface area contributed by atoms with Crippen molar-refractivity contribution in [3.05, 3.63) is 77.0 Å². The van der Waals surface area contributed by atoms with Gasteiger partial charge >= 0.3 is 0 Å². The van der Waals surface area contributed by atoms with Crippen molar-refractivity contribution in [2.75, 3.05) is 5.32 Å². The average Bonchev–Trinajstić information content (AvgIpc) is 2.50. The summed E-state index contributed by atoms with van der Waals surface area (Å²) in [5.41, 5.74) is 4.39. The Morgan fingerprint density at radius 3 is 2.43 bits per heavy atom. The van der Waals surface area contributed by atoms with Crippen molar-refractivity contribution in [1.82, 2.24) is 0 Å². The Bertz CT molecular complexity index is 722. The first-order chi connectivity index (χ1) is 10.1. The number of rotatable bonds is 4. The van der Waals surface area contributed by atoms with Gasteiger partial charge in [0.15, 0.2) is 5.78 Å². The molecule has 0 aliphatic rings. The predicted octanol–water partition coefficient (Wildman–Crippen LogP) is 3.98. The lowest BCUT2D eigenvalue weighted by atomic mass is 10.0. The van der Waals surface area contributed by atoms with Gasteiger partial charge < -0.3 is 5.32 Å². The third kappa shape index (κ3) is 3.80. The summed E-state index contributed by atoms with van der Waals surface area (Å²) in [6.45, 7) is 4.01. The van der Waals surface area contributed by atoms with Crippen molar-refractivity contribution < 1.29 is 4.79 Å². The second-order valence-electron chi connectivity index (χ2n) is 4.83. The van der Waals surface area contributed by atoms with E-state index in [9.17, 15) is 4.79 Å². The topological polar surface area (TPSA) is 52.9 Å². The van der Waals surface area contributed by atoms with Crippen LogP contribution in [0.1, 0.15) is 27.0 Å². The van der Waals surface area contributed by atoms with E-state index in [2.05, 4.69) is 11.4 Å². The first kappa shape index (κ1) is 14.5. The van der Waals surface area contributed by atoms with E-state index in [1.807, 2.05) is 32.0 Å². The van der Waals surface area contributed by atoms with E-state index in [4.69, 9.17) is 5.26 Å². The molecule has 3 nitrogen and oxygen atoms in total. The number of allylic oxidation sites excluding steroid dienone is 1. The molecule has 1 N–H and O–H groups in total. The van der Waals surface area contributed by atoms with Crippen LogP contribution in [0.15, 0.2) is 54.7 Å². The Kier molecular flexibility index (Phi) is 4.53. The average molecular weight is 276 g/mol. The van der Waals surface area contributed by atoms with Gasteiger partial charge in [0.2, 0.25) is 0 Å². The zero-order valence-corrected chi connectivity index (χ0v) is 12.1. The van der Waals surface area contributed by atoms with Gasteiger partial charge in [0.1, 0.15) is 0 Å².